The largest absolute Gasteiger partial charge is 0.345 e. The highest BCUT2D eigenvalue weighted by Crippen LogP contribution is 2.37. The Balaban J connectivity index is 1.53. The number of hydrogen-bond donors (Lipinski definition) is 2. The molecule has 31 heavy (non-hydrogen) atoms. The van der Waals surface area contributed by atoms with E-state index in [0.29, 0.717) is 28.1 Å². The number of aromatic amines is 1. The minimum Gasteiger partial charge on any atom is -0.345 e. The molecule has 0 amide bonds. The van der Waals surface area contributed by atoms with Gasteiger partial charge in [0.25, 0.3) is 5.56 Å². The maximum absolute atomic E-state index is 13.5. The van der Waals surface area contributed by atoms with Gasteiger partial charge in [-0.3, -0.25) is 14.0 Å². The van der Waals surface area contributed by atoms with Crippen molar-refractivity contribution in [3.05, 3.63) is 39.9 Å². The van der Waals surface area contributed by atoms with Gasteiger partial charge in [0.1, 0.15) is 5.65 Å². The summed E-state index contributed by atoms with van der Waals surface area (Å²) in [7, 11) is 3.69. The first-order valence-corrected chi connectivity index (χ1v) is 11.1. The zero-order chi connectivity index (χ0) is 21.3. The summed E-state index contributed by atoms with van der Waals surface area (Å²) in [6.07, 6.45) is 7.20. The lowest BCUT2D eigenvalue weighted by molar-refractivity contribution is 0.305. The van der Waals surface area contributed by atoms with Crippen molar-refractivity contribution in [2.45, 2.75) is 31.3 Å². The molecule has 5 heterocycles. The number of hydrogen-bond acceptors (Lipinski definition) is 5. The van der Waals surface area contributed by atoms with Crippen molar-refractivity contribution < 1.29 is 0 Å². The summed E-state index contributed by atoms with van der Waals surface area (Å²) < 4.78 is 3.44. The van der Waals surface area contributed by atoms with E-state index < -0.39 is 0 Å². The number of fused-ring (bicyclic) bond motifs is 4. The Morgan fingerprint density at radius 3 is 2.68 bits per heavy atom. The molecular weight excluding hydrogens is 414 g/mol. The van der Waals surface area contributed by atoms with Crippen molar-refractivity contribution in [1.82, 2.24) is 29.6 Å². The van der Waals surface area contributed by atoms with Gasteiger partial charge >= 0.3 is 0 Å². The summed E-state index contributed by atoms with van der Waals surface area (Å²) in [5.74, 6) is 0.746. The van der Waals surface area contributed by atoms with E-state index in [0.717, 1.165) is 53.9 Å². The first kappa shape index (κ1) is 18.9. The van der Waals surface area contributed by atoms with Gasteiger partial charge in [-0.25, -0.2) is 0 Å². The first-order valence-electron chi connectivity index (χ1n) is 10.7. The molecule has 4 aromatic rings. The van der Waals surface area contributed by atoms with Crippen molar-refractivity contribution in [2.75, 3.05) is 18.0 Å². The van der Waals surface area contributed by atoms with Crippen LogP contribution < -0.4 is 15.8 Å². The fraction of sp³-hybridized carbons (Fsp3) is 0.409. The van der Waals surface area contributed by atoms with Crippen LogP contribution in [-0.2, 0) is 14.1 Å². The Labute approximate surface area is 183 Å². The normalized spacial score (nSPS) is 21.3. The van der Waals surface area contributed by atoms with Crippen LogP contribution in [-0.4, -0.2) is 49.5 Å². The summed E-state index contributed by atoms with van der Waals surface area (Å²) in [5, 5.41) is 9.96. The fourth-order valence-electron chi connectivity index (χ4n) is 5.29. The number of piperidine rings is 1. The van der Waals surface area contributed by atoms with E-state index in [4.69, 9.17) is 16.6 Å². The van der Waals surface area contributed by atoms with Gasteiger partial charge < -0.3 is 15.2 Å². The quantitative estimate of drug-likeness (QED) is 0.503. The summed E-state index contributed by atoms with van der Waals surface area (Å²) in [4.78, 5) is 24.1. The monoisotopic (exact) mass is 437 g/mol. The van der Waals surface area contributed by atoms with Crippen molar-refractivity contribution in [2.24, 2.45) is 14.1 Å². The number of nitrogens with zero attached hydrogens (tertiary/aromatic N) is 5. The number of anilines is 1. The van der Waals surface area contributed by atoms with E-state index in [1.807, 2.05) is 38.6 Å². The minimum atomic E-state index is -0.0600. The summed E-state index contributed by atoms with van der Waals surface area (Å²) >= 11 is 6.74. The molecule has 8 nitrogen and oxygen atoms in total. The van der Waals surface area contributed by atoms with Gasteiger partial charge in [-0.15, -0.1) is 0 Å². The van der Waals surface area contributed by atoms with Crippen LogP contribution in [0.15, 0.2) is 29.3 Å². The molecule has 2 unspecified atom stereocenters. The van der Waals surface area contributed by atoms with Crippen molar-refractivity contribution in [3.63, 3.8) is 0 Å². The second kappa shape index (κ2) is 6.83. The van der Waals surface area contributed by atoms with Crippen LogP contribution in [0.1, 0.15) is 19.3 Å². The molecule has 2 atom stereocenters. The SMILES string of the molecule is Cn1cc2c(Cl)c(-c3c[nH]c4nc(N5C6CCCC5CNC6)n(C)c(=O)c34)ccc2n1. The Bertz CT molecular complexity index is 1360. The third-order valence-electron chi connectivity index (χ3n) is 6.77. The first-order chi connectivity index (χ1) is 15.0. The lowest BCUT2D eigenvalue weighted by Gasteiger charge is -2.47. The average Bonchev–Trinajstić information content (AvgIpc) is 3.34. The third-order valence-corrected chi connectivity index (χ3v) is 7.18. The number of aryl methyl sites for hydroxylation is 1. The number of nitrogens with one attached hydrogen (secondary N) is 2. The van der Waals surface area contributed by atoms with Gasteiger partial charge in [0.15, 0.2) is 0 Å². The molecule has 2 bridgehead atoms. The summed E-state index contributed by atoms with van der Waals surface area (Å²) in [6, 6.07) is 4.61. The zero-order valence-electron chi connectivity index (χ0n) is 17.5. The van der Waals surface area contributed by atoms with Crippen LogP contribution in [0.5, 0.6) is 0 Å². The average molecular weight is 438 g/mol. The molecule has 2 aliphatic heterocycles. The summed E-state index contributed by atoms with van der Waals surface area (Å²) in [5.41, 5.74) is 2.95. The highest BCUT2D eigenvalue weighted by molar-refractivity contribution is 6.38. The number of piperazine rings is 1. The Morgan fingerprint density at radius 1 is 1.13 bits per heavy atom. The number of aromatic nitrogens is 5. The number of halogens is 1. The van der Waals surface area contributed by atoms with E-state index in [-0.39, 0.29) is 5.56 Å². The topological polar surface area (TPSA) is 83.8 Å². The van der Waals surface area contributed by atoms with Crippen LogP contribution in [0.25, 0.3) is 33.1 Å². The molecular formula is C22H24ClN7O. The van der Waals surface area contributed by atoms with Crippen LogP contribution in [0.4, 0.5) is 5.95 Å². The second-order valence-electron chi connectivity index (χ2n) is 8.67. The van der Waals surface area contributed by atoms with E-state index in [1.165, 1.54) is 6.42 Å². The molecule has 2 aliphatic rings. The predicted octanol–water partition coefficient (Wildman–Crippen LogP) is 2.80. The van der Waals surface area contributed by atoms with Crippen LogP contribution in [0.3, 0.4) is 0 Å². The Morgan fingerprint density at radius 2 is 1.90 bits per heavy atom. The number of H-pyrrole nitrogens is 1. The number of benzene rings is 1. The Kier molecular flexibility index (Phi) is 4.16. The molecule has 9 heteroatoms. The zero-order valence-corrected chi connectivity index (χ0v) is 18.3. The lowest BCUT2D eigenvalue weighted by Crippen LogP contribution is -2.61. The van der Waals surface area contributed by atoms with Gasteiger partial charge in [-0.2, -0.15) is 10.1 Å². The lowest BCUT2D eigenvalue weighted by atomic mass is 9.93. The number of rotatable bonds is 2. The van der Waals surface area contributed by atoms with Gasteiger partial charge in [0.05, 0.1) is 15.9 Å². The predicted molar refractivity (Wildman–Crippen MR) is 123 cm³/mol. The fourth-order valence-corrected chi connectivity index (χ4v) is 5.60. The van der Waals surface area contributed by atoms with E-state index in [9.17, 15) is 4.79 Å². The van der Waals surface area contributed by atoms with Crippen molar-refractivity contribution >= 4 is 39.5 Å². The second-order valence-corrected chi connectivity index (χ2v) is 9.05. The molecule has 2 N–H and O–H groups in total. The highest BCUT2D eigenvalue weighted by atomic mass is 35.5. The highest BCUT2D eigenvalue weighted by Gasteiger charge is 2.36. The summed E-state index contributed by atoms with van der Waals surface area (Å²) in [6.45, 7) is 1.86. The maximum Gasteiger partial charge on any atom is 0.264 e. The smallest absolute Gasteiger partial charge is 0.264 e. The minimum absolute atomic E-state index is 0.0600. The van der Waals surface area contributed by atoms with Gasteiger partial charge in [0.2, 0.25) is 5.95 Å². The van der Waals surface area contributed by atoms with E-state index >= 15 is 0 Å². The molecule has 2 fully saturated rings. The molecule has 0 saturated carbocycles. The van der Waals surface area contributed by atoms with Crippen molar-refractivity contribution in [3.8, 4) is 11.1 Å². The Hall–Kier alpha value is -2.84. The van der Waals surface area contributed by atoms with Crippen molar-refractivity contribution in [1.29, 1.82) is 0 Å². The van der Waals surface area contributed by atoms with E-state index in [1.54, 1.807) is 9.25 Å². The molecule has 3 aromatic heterocycles. The van der Waals surface area contributed by atoms with Gasteiger partial charge in [-0.1, -0.05) is 17.7 Å². The van der Waals surface area contributed by atoms with Crippen LogP contribution >= 0.6 is 11.6 Å². The third kappa shape index (κ3) is 2.74. The molecule has 1 aromatic carbocycles. The molecule has 0 spiro atoms. The van der Waals surface area contributed by atoms with Crippen LogP contribution in [0, 0.1) is 0 Å². The van der Waals surface area contributed by atoms with Crippen LogP contribution in [0.2, 0.25) is 5.02 Å². The molecule has 0 aliphatic carbocycles. The van der Waals surface area contributed by atoms with Gasteiger partial charge in [0, 0.05) is 68.2 Å². The molecule has 6 rings (SSSR count). The van der Waals surface area contributed by atoms with Gasteiger partial charge in [-0.05, 0) is 25.3 Å². The standard InChI is InChI=1S/C22H24ClN7O/c1-28-11-16-17(27-28)7-6-14(19(16)23)15-10-25-20-18(15)21(31)29(2)22(26-20)30-12-4-3-5-13(30)9-24-8-12/h6-7,10-13,24-25H,3-5,8-9H2,1-2H3. The van der Waals surface area contributed by atoms with E-state index in [2.05, 4.69) is 20.3 Å². The molecule has 160 valence electrons. The molecule has 2 saturated heterocycles. The molecule has 0 radical (unpaired) electrons. The maximum atomic E-state index is 13.5.